The van der Waals surface area contributed by atoms with Crippen LogP contribution in [0.2, 0.25) is 0 Å². The van der Waals surface area contributed by atoms with Crippen molar-refractivity contribution in [2.45, 2.75) is 35.4 Å². The average Bonchev–Trinajstić information content (AvgIpc) is 2.76. The van der Waals surface area contributed by atoms with Crippen LogP contribution in [0.5, 0.6) is 5.75 Å². The van der Waals surface area contributed by atoms with Gasteiger partial charge in [-0.3, -0.25) is 0 Å². The quantitative estimate of drug-likeness (QED) is 0.885. The number of methoxy groups -OCH3 is 1. The molecule has 1 saturated carbocycles. The molecule has 2 atom stereocenters. The van der Waals surface area contributed by atoms with Gasteiger partial charge in [0, 0.05) is 6.04 Å². The zero-order valence-corrected chi connectivity index (χ0v) is 10.6. The van der Waals surface area contributed by atoms with Crippen LogP contribution in [0.4, 0.5) is 0 Å². The zero-order chi connectivity index (χ0) is 12.5. The smallest absolute Gasteiger partial charge is 0.182 e. The average molecular weight is 255 g/mol. The summed E-state index contributed by atoms with van der Waals surface area (Å²) in [7, 11) is -1.80. The van der Waals surface area contributed by atoms with Gasteiger partial charge in [-0.05, 0) is 31.0 Å². The standard InChI is InChI=1S/C12H17NO3S/c1-16-9-4-2-5-10(8-9)17(14,15)12-7-3-6-11(12)13/h2,4-5,8,11-12H,3,6-7,13H2,1H3. The molecule has 17 heavy (non-hydrogen) atoms. The number of hydrogen-bond donors (Lipinski definition) is 1. The number of rotatable bonds is 3. The van der Waals surface area contributed by atoms with E-state index in [1.165, 1.54) is 7.11 Å². The third kappa shape index (κ3) is 2.30. The van der Waals surface area contributed by atoms with Crippen molar-refractivity contribution in [3.8, 4) is 5.75 Å². The highest BCUT2D eigenvalue weighted by Crippen LogP contribution is 2.30. The van der Waals surface area contributed by atoms with Crippen molar-refractivity contribution in [2.24, 2.45) is 5.73 Å². The van der Waals surface area contributed by atoms with E-state index in [9.17, 15) is 8.42 Å². The molecule has 1 fully saturated rings. The minimum absolute atomic E-state index is 0.244. The molecule has 4 nitrogen and oxygen atoms in total. The molecule has 0 heterocycles. The Hall–Kier alpha value is -1.07. The van der Waals surface area contributed by atoms with Gasteiger partial charge in [-0.25, -0.2) is 8.42 Å². The number of hydrogen-bond acceptors (Lipinski definition) is 4. The first-order valence-electron chi connectivity index (χ1n) is 5.69. The van der Waals surface area contributed by atoms with E-state index >= 15 is 0 Å². The molecule has 1 aliphatic rings. The van der Waals surface area contributed by atoms with Gasteiger partial charge in [0.2, 0.25) is 0 Å². The summed E-state index contributed by atoms with van der Waals surface area (Å²) in [5.74, 6) is 0.553. The Bertz CT molecular complexity index is 498. The minimum atomic E-state index is -3.33. The minimum Gasteiger partial charge on any atom is -0.497 e. The Balaban J connectivity index is 2.37. The summed E-state index contributed by atoms with van der Waals surface area (Å²) in [4.78, 5) is 0.305. The second-order valence-corrected chi connectivity index (χ2v) is 6.52. The van der Waals surface area contributed by atoms with Crippen LogP contribution in [-0.2, 0) is 9.84 Å². The second kappa shape index (κ2) is 4.66. The molecule has 0 spiro atoms. The lowest BCUT2D eigenvalue weighted by Crippen LogP contribution is -2.35. The van der Waals surface area contributed by atoms with Gasteiger partial charge in [-0.2, -0.15) is 0 Å². The topological polar surface area (TPSA) is 69.4 Å². The normalized spacial score (nSPS) is 24.8. The van der Waals surface area contributed by atoms with Gasteiger partial charge in [0.05, 0.1) is 17.3 Å². The van der Waals surface area contributed by atoms with Crippen molar-refractivity contribution in [3.63, 3.8) is 0 Å². The van der Waals surface area contributed by atoms with Crippen LogP contribution < -0.4 is 10.5 Å². The number of sulfone groups is 1. The molecule has 94 valence electrons. The molecule has 0 saturated heterocycles. The third-order valence-electron chi connectivity index (χ3n) is 3.27. The summed E-state index contributed by atoms with van der Waals surface area (Å²) in [5, 5.41) is -0.449. The van der Waals surface area contributed by atoms with E-state index in [-0.39, 0.29) is 6.04 Å². The molecule has 0 bridgehead atoms. The lowest BCUT2D eigenvalue weighted by molar-refractivity contribution is 0.413. The van der Waals surface area contributed by atoms with Crippen LogP contribution in [-0.4, -0.2) is 26.8 Å². The molecular formula is C12H17NO3S. The Kier molecular flexibility index (Phi) is 3.40. The molecule has 2 unspecified atom stereocenters. The Labute approximate surface area is 102 Å². The largest absolute Gasteiger partial charge is 0.497 e. The highest BCUT2D eigenvalue weighted by molar-refractivity contribution is 7.92. The van der Waals surface area contributed by atoms with Crippen molar-refractivity contribution < 1.29 is 13.2 Å². The molecular weight excluding hydrogens is 238 g/mol. The van der Waals surface area contributed by atoms with E-state index in [0.29, 0.717) is 17.1 Å². The van der Waals surface area contributed by atoms with E-state index in [2.05, 4.69) is 0 Å². The first-order chi connectivity index (χ1) is 8.05. The fourth-order valence-electron chi connectivity index (χ4n) is 2.29. The fraction of sp³-hybridized carbons (Fsp3) is 0.500. The first-order valence-corrected chi connectivity index (χ1v) is 7.24. The number of nitrogens with two attached hydrogens (primary N) is 1. The van der Waals surface area contributed by atoms with Crippen LogP contribution >= 0.6 is 0 Å². The van der Waals surface area contributed by atoms with E-state index in [1.54, 1.807) is 24.3 Å². The van der Waals surface area contributed by atoms with Crippen LogP contribution in [0.15, 0.2) is 29.2 Å². The summed E-state index contributed by atoms with van der Waals surface area (Å²) >= 11 is 0. The van der Waals surface area contributed by atoms with Gasteiger partial charge in [0.15, 0.2) is 9.84 Å². The first kappa shape index (κ1) is 12.4. The lowest BCUT2D eigenvalue weighted by Gasteiger charge is -2.16. The number of benzene rings is 1. The Morgan fingerprint density at radius 2 is 2.12 bits per heavy atom. The summed E-state index contributed by atoms with van der Waals surface area (Å²) in [5.41, 5.74) is 5.86. The molecule has 0 aliphatic heterocycles. The monoisotopic (exact) mass is 255 g/mol. The van der Waals surface area contributed by atoms with Crippen LogP contribution in [0.3, 0.4) is 0 Å². The highest BCUT2D eigenvalue weighted by atomic mass is 32.2. The summed E-state index contributed by atoms with van der Waals surface area (Å²) < 4.78 is 29.8. The summed E-state index contributed by atoms with van der Waals surface area (Å²) in [6.07, 6.45) is 2.32. The SMILES string of the molecule is COc1cccc(S(=O)(=O)C2CCCC2N)c1. The maximum Gasteiger partial charge on any atom is 0.182 e. The van der Waals surface area contributed by atoms with E-state index in [1.807, 2.05) is 0 Å². The molecule has 2 N–H and O–H groups in total. The van der Waals surface area contributed by atoms with Gasteiger partial charge >= 0.3 is 0 Å². The predicted molar refractivity (Wildman–Crippen MR) is 65.8 cm³/mol. The van der Waals surface area contributed by atoms with Crippen molar-refractivity contribution in [3.05, 3.63) is 24.3 Å². The van der Waals surface area contributed by atoms with Gasteiger partial charge in [-0.1, -0.05) is 12.5 Å². The molecule has 2 rings (SSSR count). The van der Waals surface area contributed by atoms with Crippen molar-refractivity contribution in [2.75, 3.05) is 7.11 Å². The van der Waals surface area contributed by atoms with E-state index in [4.69, 9.17) is 10.5 Å². The molecule has 5 heteroatoms. The van der Waals surface area contributed by atoms with Gasteiger partial charge in [0.1, 0.15) is 5.75 Å². The second-order valence-electron chi connectivity index (χ2n) is 4.36. The zero-order valence-electron chi connectivity index (χ0n) is 9.80. The van der Waals surface area contributed by atoms with Crippen LogP contribution in [0.1, 0.15) is 19.3 Å². The summed E-state index contributed by atoms with van der Waals surface area (Å²) in [6, 6.07) is 6.33. The molecule has 1 aromatic carbocycles. The molecule has 0 amide bonds. The Morgan fingerprint density at radius 1 is 1.35 bits per heavy atom. The third-order valence-corrected chi connectivity index (χ3v) is 5.57. The van der Waals surface area contributed by atoms with Crippen LogP contribution in [0.25, 0.3) is 0 Å². The molecule has 0 aromatic heterocycles. The van der Waals surface area contributed by atoms with E-state index < -0.39 is 15.1 Å². The fourth-order valence-corrected chi connectivity index (χ4v) is 4.26. The molecule has 0 radical (unpaired) electrons. The van der Waals surface area contributed by atoms with E-state index in [0.717, 1.165) is 12.8 Å². The van der Waals surface area contributed by atoms with Gasteiger partial charge in [-0.15, -0.1) is 0 Å². The number of ether oxygens (including phenoxy) is 1. The predicted octanol–water partition coefficient (Wildman–Crippen LogP) is 1.35. The molecule has 1 aromatic rings. The van der Waals surface area contributed by atoms with Crippen molar-refractivity contribution >= 4 is 9.84 Å². The summed E-state index contributed by atoms with van der Waals surface area (Å²) in [6.45, 7) is 0. The van der Waals surface area contributed by atoms with Crippen molar-refractivity contribution in [1.29, 1.82) is 0 Å². The van der Waals surface area contributed by atoms with Crippen molar-refractivity contribution in [1.82, 2.24) is 0 Å². The van der Waals surface area contributed by atoms with Gasteiger partial charge in [0.25, 0.3) is 0 Å². The maximum atomic E-state index is 12.4. The lowest BCUT2D eigenvalue weighted by atomic mass is 10.3. The van der Waals surface area contributed by atoms with Gasteiger partial charge < -0.3 is 10.5 Å². The maximum absolute atomic E-state index is 12.4. The van der Waals surface area contributed by atoms with Crippen LogP contribution in [0, 0.1) is 0 Å². The highest BCUT2D eigenvalue weighted by Gasteiger charge is 2.36. The Morgan fingerprint density at radius 3 is 2.71 bits per heavy atom. The molecule has 1 aliphatic carbocycles.